The summed E-state index contributed by atoms with van der Waals surface area (Å²) < 4.78 is 2.41. The number of rotatable bonds is 3. The van der Waals surface area contributed by atoms with E-state index in [1.165, 1.54) is 0 Å². The van der Waals surface area contributed by atoms with Crippen molar-refractivity contribution < 1.29 is 4.79 Å². The summed E-state index contributed by atoms with van der Waals surface area (Å²) in [7, 11) is 0. The molecule has 0 aliphatic heterocycles. The summed E-state index contributed by atoms with van der Waals surface area (Å²) in [5, 5.41) is 0. The fourth-order valence-corrected chi connectivity index (χ4v) is 2.59. The first-order chi connectivity index (χ1) is 8.31. The molecule has 5 nitrogen and oxygen atoms in total. The van der Waals surface area contributed by atoms with Crippen molar-refractivity contribution in [2.75, 3.05) is 0 Å². The lowest BCUT2D eigenvalue weighted by Gasteiger charge is -2.25. The van der Waals surface area contributed by atoms with Crippen molar-refractivity contribution in [3.05, 3.63) is 22.6 Å². The Morgan fingerprint density at radius 3 is 2.83 bits per heavy atom. The molecule has 2 heterocycles. The molecule has 3 N–H and O–H groups in total. The fraction of sp³-hybridized carbons (Fsp3) is 0.417. The molecule has 1 amide bonds. The summed E-state index contributed by atoms with van der Waals surface area (Å²) in [5.74, 6) is -0.357. The van der Waals surface area contributed by atoms with Gasteiger partial charge >= 0.3 is 0 Å². The van der Waals surface area contributed by atoms with Crippen LogP contribution < -0.4 is 5.73 Å². The monoisotopic (exact) mass is 264 g/mol. The Morgan fingerprint density at radius 1 is 1.56 bits per heavy atom. The van der Waals surface area contributed by atoms with Gasteiger partial charge in [-0.1, -0.05) is 0 Å². The number of aromatic amines is 1. The van der Waals surface area contributed by atoms with Crippen molar-refractivity contribution >= 4 is 29.3 Å². The Labute approximate surface area is 110 Å². The number of carbonyl (C=O) groups is 1. The van der Waals surface area contributed by atoms with E-state index < -0.39 is 5.54 Å². The topological polar surface area (TPSA) is 76.7 Å². The molecule has 0 aliphatic carbocycles. The van der Waals surface area contributed by atoms with E-state index in [1.807, 2.05) is 37.5 Å². The molecule has 6 heteroatoms. The van der Waals surface area contributed by atoms with Gasteiger partial charge in [-0.2, -0.15) is 0 Å². The molecule has 2 rings (SSSR count). The van der Waals surface area contributed by atoms with Crippen LogP contribution in [0.2, 0.25) is 0 Å². The first-order valence-electron chi connectivity index (χ1n) is 5.68. The molecule has 0 aromatic carbocycles. The van der Waals surface area contributed by atoms with Gasteiger partial charge in [0.15, 0.2) is 10.4 Å². The number of pyridine rings is 1. The summed E-state index contributed by atoms with van der Waals surface area (Å²) in [6.45, 7) is 5.76. The average Bonchev–Trinajstić information content (AvgIpc) is 2.51. The number of nitrogens with one attached hydrogen (secondary N) is 1. The highest BCUT2D eigenvalue weighted by molar-refractivity contribution is 7.71. The van der Waals surface area contributed by atoms with Crippen LogP contribution in [-0.4, -0.2) is 20.4 Å². The summed E-state index contributed by atoms with van der Waals surface area (Å²) >= 11 is 5.31. The lowest BCUT2D eigenvalue weighted by Crippen LogP contribution is -2.32. The average molecular weight is 264 g/mol. The third kappa shape index (κ3) is 2.15. The van der Waals surface area contributed by atoms with Gasteiger partial charge in [0, 0.05) is 12.1 Å². The predicted octanol–water partition coefficient (Wildman–Crippen LogP) is 2.01. The minimum absolute atomic E-state index is 0.212. The number of aryl methyl sites for hydroxylation is 1. The van der Waals surface area contributed by atoms with E-state index in [0.717, 1.165) is 16.9 Å². The number of imidazole rings is 1. The molecule has 96 valence electrons. The van der Waals surface area contributed by atoms with Crippen LogP contribution in [0.15, 0.2) is 12.1 Å². The number of amides is 1. The van der Waals surface area contributed by atoms with Gasteiger partial charge in [0.1, 0.15) is 0 Å². The largest absolute Gasteiger partial charge is 0.370 e. The van der Waals surface area contributed by atoms with Gasteiger partial charge in [0.05, 0.1) is 11.1 Å². The molecule has 0 saturated carbocycles. The van der Waals surface area contributed by atoms with Crippen molar-refractivity contribution in [2.45, 2.75) is 32.7 Å². The number of hydrogen-bond acceptors (Lipinski definition) is 3. The molecule has 18 heavy (non-hydrogen) atoms. The molecule has 0 atom stereocenters. The third-order valence-corrected chi connectivity index (χ3v) is 3.17. The number of primary amides is 1. The van der Waals surface area contributed by atoms with Gasteiger partial charge in [-0.05, 0) is 45.1 Å². The Morgan fingerprint density at radius 2 is 2.22 bits per heavy atom. The van der Waals surface area contributed by atoms with Crippen LogP contribution in [0.25, 0.3) is 11.2 Å². The maximum absolute atomic E-state index is 11.2. The van der Waals surface area contributed by atoms with Gasteiger partial charge in [0.2, 0.25) is 5.91 Å². The second-order valence-electron chi connectivity index (χ2n) is 5.04. The van der Waals surface area contributed by atoms with E-state index >= 15 is 0 Å². The lowest BCUT2D eigenvalue weighted by atomic mass is 10.00. The smallest absolute Gasteiger partial charge is 0.219 e. The van der Waals surface area contributed by atoms with Crippen LogP contribution in [0, 0.1) is 11.7 Å². The Balaban J connectivity index is 2.70. The maximum atomic E-state index is 11.2. The van der Waals surface area contributed by atoms with Gasteiger partial charge < -0.3 is 10.7 Å². The molecule has 0 spiro atoms. The standard InChI is InChI=1S/C12H16N4OS/c1-7-4-5-8-10(14-7)16(11(18)15-8)12(2,3)6-9(13)17/h4-5H,6H2,1-3H3,(H2,13,17)(H,15,18). The number of fused-ring (bicyclic) bond motifs is 1. The number of nitrogens with two attached hydrogens (primary N) is 1. The van der Waals surface area contributed by atoms with E-state index in [9.17, 15) is 4.79 Å². The van der Waals surface area contributed by atoms with Crippen LogP contribution in [0.3, 0.4) is 0 Å². The van der Waals surface area contributed by atoms with Gasteiger partial charge in [-0.15, -0.1) is 0 Å². The SMILES string of the molecule is Cc1ccc2[nH]c(=S)n(C(C)(C)CC(N)=O)c2n1. The second kappa shape index (κ2) is 4.20. The van der Waals surface area contributed by atoms with Gasteiger partial charge in [0.25, 0.3) is 0 Å². The molecule has 0 bridgehead atoms. The predicted molar refractivity (Wildman–Crippen MR) is 72.8 cm³/mol. The molecular weight excluding hydrogens is 248 g/mol. The molecule has 0 unspecified atom stereocenters. The van der Waals surface area contributed by atoms with E-state index in [-0.39, 0.29) is 12.3 Å². The van der Waals surface area contributed by atoms with E-state index in [0.29, 0.717) is 4.77 Å². The Hall–Kier alpha value is -1.69. The molecule has 0 fully saturated rings. The van der Waals surface area contributed by atoms with Crippen LogP contribution in [0.5, 0.6) is 0 Å². The van der Waals surface area contributed by atoms with Crippen molar-refractivity contribution in [2.24, 2.45) is 5.73 Å². The summed E-state index contributed by atoms with van der Waals surface area (Å²) in [5.41, 5.74) is 7.32. The number of aromatic nitrogens is 3. The van der Waals surface area contributed by atoms with E-state index in [1.54, 1.807) is 0 Å². The normalized spacial score (nSPS) is 11.9. The van der Waals surface area contributed by atoms with Crippen molar-refractivity contribution in [3.8, 4) is 0 Å². The number of hydrogen-bond donors (Lipinski definition) is 2. The summed E-state index contributed by atoms with van der Waals surface area (Å²) in [6, 6.07) is 3.85. The lowest BCUT2D eigenvalue weighted by molar-refractivity contribution is -0.119. The van der Waals surface area contributed by atoms with Crippen molar-refractivity contribution in [1.29, 1.82) is 0 Å². The van der Waals surface area contributed by atoms with Gasteiger partial charge in [-0.25, -0.2) is 4.98 Å². The van der Waals surface area contributed by atoms with Crippen molar-refractivity contribution in [1.82, 2.24) is 14.5 Å². The maximum Gasteiger partial charge on any atom is 0.219 e. The zero-order valence-electron chi connectivity index (χ0n) is 10.7. The molecule has 0 radical (unpaired) electrons. The molecule has 0 saturated heterocycles. The summed E-state index contributed by atoms with van der Waals surface area (Å²) in [6.07, 6.45) is 0.212. The quantitative estimate of drug-likeness (QED) is 0.833. The Bertz CT molecular complexity index is 668. The number of nitrogens with zero attached hydrogens (tertiary/aromatic N) is 2. The van der Waals surface area contributed by atoms with Crippen LogP contribution >= 0.6 is 12.2 Å². The number of H-pyrrole nitrogens is 1. The molecule has 0 aliphatic rings. The third-order valence-electron chi connectivity index (χ3n) is 2.88. The van der Waals surface area contributed by atoms with Crippen LogP contribution in [0.4, 0.5) is 0 Å². The zero-order chi connectivity index (χ0) is 13.5. The first-order valence-corrected chi connectivity index (χ1v) is 6.09. The highest BCUT2D eigenvalue weighted by Crippen LogP contribution is 2.25. The van der Waals surface area contributed by atoms with E-state index in [2.05, 4.69) is 9.97 Å². The first kappa shape index (κ1) is 12.8. The number of carbonyl (C=O) groups excluding carboxylic acids is 1. The molecular formula is C12H16N4OS. The fourth-order valence-electron chi connectivity index (χ4n) is 2.15. The van der Waals surface area contributed by atoms with Crippen molar-refractivity contribution in [3.63, 3.8) is 0 Å². The van der Waals surface area contributed by atoms with Crippen LogP contribution in [0.1, 0.15) is 26.0 Å². The highest BCUT2D eigenvalue weighted by atomic mass is 32.1. The Kier molecular flexibility index (Phi) is 2.98. The zero-order valence-corrected chi connectivity index (χ0v) is 11.5. The van der Waals surface area contributed by atoms with Crippen LogP contribution in [-0.2, 0) is 10.3 Å². The second-order valence-corrected chi connectivity index (χ2v) is 5.43. The van der Waals surface area contributed by atoms with Gasteiger partial charge in [-0.3, -0.25) is 9.36 Å². The minimum atomic E-state index is -0.498. The molecule has 2 aromatic rings. The minimum Gasteiger partial charge on any atom is -0.370 e. The molecule has 2 aromatic heterocycles. The summed E-state index contributed by atoms with van der Waals surface area (Å²) in [4.78, 5) is 18.7. The highest BCUT2D eigenvalue weighted by Gasteiger charge is 2.26. The van der Waals surface area contributed by atoms with E-state index in [4.69, 9.17) is 18.0 Å².